The van der Waals surface area contributed by atoms with Crippen LogP contribution in [0.2, 0.25) is 0 Å². The lowest BCUT2D eigenvalue weighted by atomic mass is 9.79. The molecule has 88 valence electrons. The lowest BCUT2D eigenvalue weighted by Gasteiger charge is -2.23. The van der Waals surface area contributed by atoms with Crippen LogP contribution in [0.25, 0.3) is 0 Å². The van der Waals surface area contributed by atoms with E-state index in [0.717, 1.165) is 5.56 Å². The van der Waals surface area contributed by atoms with Crippen molar-refractivity contribution in [3.05, 3.63) is 35.9 Å². The third-order valence-corrected chi connectivity index (χ3v) is 2.87. The predicted octanol–water partition coefficient (Wildman–Crippen LogP) is 2.96. The van der Waals surface area contributed by atoms with E-state index in [-0.39, 0.29) is 5.78 Å². The highest BCUT2D eigenvalue weighted by atomic mass is 16.5. The first-order valence-corrected chi connectivity index (χ1v) is 5.75. The van der Waals surface area contributed by atoms with Crippen LogP contribution in [-0.2, 0) is 14.9 Å². The molecule has 2 heteroatoms. The molecule has 0 bridgehead atoms. The Morgan fingerprint density at radius 1 is 1.25 bits per heavy atom. The largest absolute Gasteiger partial charge is 0.381 e. The van der Waals surface area contributed by atoms with Crippen LogP contribution in [0.4, 0.5) is 0 Å². The average molecular weight is 220 g/mol. The molecular weight excluding hydrogens is 200 g/mol. The van der Waals surface area contributed by atoms with Gasteiger partial charge in [-0.25, -0.2) is 0 Å². The molecule has 1 aromatic rings. The number of carbonyl (C=O) groups excluding carboxylic acids is 1. The van der Waals surface area contributed by atoms with Gasteiger partial charge < -0.3 is 4.74 Å². The van der Waals surface area contributed by atoms with Gasteiger partial charge in [0.05, 0.1) is 6.61 Å². The number of Topliss-reactive ketones (excluding diaryl/α,β-unsaturated/α-hetero) is 1. The van der Waals surface area contributed by atoms with Crippen LogP contribution in [0.15, 0.2) is 30.3 Å². The predicted molar refractivity (Wildman–Crippen MR) is 65.6 cm³/mol. The van der Waals surface area contributed by atoms with Crippen molar-refractivity contribution in [3.63, 3.8) is 0 Å². The smallest absolute Gasteiger partial charge is 0.145 e. The van der Waals surface area contributed by atoms with Crippen LogP contribution in [0.5, 0.6) is 0 Å². The normalized spacial score (nSPS) is 11.4. The van der Waals surface area contributed by atoms with Crippen LogP contribution in [0, 0.1) is 0 Å². The molecule has 0 saturated heterocycles. The van der Waals surface area contributed by atoms with E-state index in [0.29, 0.717) is 19.6 Å². The second-order valence-electron chi connectivity index (χ2n) is 4.36. The van der Waals surface area contributed by atoms with E-state index in [9.17, 15) is 4.79 Å². The molecule has 2 nitrogen and oxygen atoms in total. The highest BCUT2D eigenvalue weighted by molar-refractivity contribution is 5.89. The Labute approximate surface area is 97.6 Å². The van der Waals surface area contributed by atoms with Crippen LogP contribution in [0.1, 0.15) is 32.8 Å². The van der Waals surface area contributed by atoms with E-state index in [1.165, 1.54) is 0 Å². The molecule has 1 rings (SSSR count). The van der Waals surface area contributed by atoms with E-state index in [1.807, 2.05) is 51.1 Å². The number of rotatable bonds is 6. The van der Waals surface area contributed by atoms with Crippen molar-refractivity contribution < 1.29 is 9.53 Å². The number of hydrogen-bond acceptors (Lipinski definition) is 2. The number of ketones is 1. The van der Waals surface area contributed by atoms with E-state index in [2.05, 4.69) is 0 Å². The third kappa shape index (κ3) is 3.17. The van der Waals surface area contributed by atoms with Crippen molar-refractivity contribution in [1.82, 2.24) is 0 Å². The monoisotopic (exact) mass is 220 g/mol. The molecule has 0 atom stereocenters. The topological polar surface area (TPSA) is 26.3 Å². The first-order valence-electron chi connectivity index (χ1n) is 5.75. The van der Waals surface area contributed by atoms with Crippen LogP contribution in [0.3, 0.4) is 0 Å². The first-order chi connectivity index (χ1) is 7.59. The Kier molecular flexibility index (Phi) is 4.69. The van der Waals surface area contributed by atoms with Crippen molar-refractivity contribution in [1.29, 1.82) is 0 Å². The molecular formula is C14H20O2. The van der Waals surface area contributed by atoms with Crippen LogP contribution in [-0.4, -0.2) is 19.0 Å². The van der Waals surface area contributed by atoms with Gasteiger partial charge in [-0.2, -0.15) is 0 Å². The lowest BCUT2D eigenvalue weighted by molar-refractivity contribution is -0.124. The van der Waals surface area contributed by atoms with Gasteiger partial charge in [-0.3, -0.25) is 4.79 Å². The fraction of sp³-hybridized carbons (Fsp3) is 0.500. The molecule has 0 saturated carbocycles. The average Bonchev–Trinajstić information content (AvgIpc) is 2.30. The maximum atomic E-state index is 12.1. The van der Waals surface area contributed by atoms with Gasteiger partial charge in [0.2, 0.25) is 0 Å². The Hall–Kier alpha value is -1.15. The second kappa shape index (κ2) is 5.80. The fourth-order valence-corrected chi connectivity index (χ4v) is 1.64. The van der Waals surface area contributed by atoms with Crippen LogP contribution < -0.4 is 0 Å². The minimum Gasteiger partial charge on any atom is -0.381 e. The van der Waals surface area contributed by atoms with Gasteiger partial charge in [-0.05, 0) is 26.3 Å². The standard InChI is InChI=1S/C14H20O2/c1-4-16-11-10-13(15)14(2,3)12-8-6-5-7-9-12/h5-9H,4,10-11H2,1-3H3. The number of carbonyl (C=O) groups is 1. The van der Waals surface area contributed by atoms with Crippen molar-refractivity contribution in [2.45, 2.75) is 32.6 Å². The molecule has 1 aromatic carbocycles. The Morgan fingerprint density at radius 2 is 1.88 bits per heavy atom. The minimum atomic E-state index is -0.418. The highest BCUT2D eigenvalue weighted by Gasteiger charge is 2.28. The third-order valence-electron chi connectivity index (χ3n) is 2.87. The SMILES string of the molecule is CCOCCC(=O)C(C)(C)c1ccccc1. The highest BCUT2D eigenvalue weighted by Crippen LogP contribution is 2.25. The number of ether oxygens (including phenoxy) is 1. The molecule has 0 spiro atoms. The van der Waals surface area contributed by atoms with Crippen molar-refractivity contribution >= 4 is 5.78 Å². The molecule has 0 aliphatic heterocycles. The summed E-state index contributed by atoms with van der Waals surface area (Å²) in [5.74, 6) is 0.229. The van der Waals surface area contributed by atoms with Gasteiger partial charge in [0.15, 0.2) is 0 Å². The summed E-state index contributed by atoms with van der Waals surface area (Å²) >= 11 is 0. The van der Waals surface area contributed by atoms with Crippen molar-refractivity contribution in [3.8, 4) is 0 Å². The van der Waals surface area contributed by atoms with Gasteiger partial charge in [0, 0.05) is 18.4 Å². The fourth-order valence-electron chi connectivity index (χ4n) is 1.64. The molecule has 0 N–H and O–H groups in total. The van der Waals surface area contributed by atoms with Crippen molar-refractivity contribution in [2.75, 3.05) is 13.2 Å². The van der Waals surface area contributed by atoms with E-state index in [4.69, 9.17) is 4.74 Å². The quantitative estimate of drug-likeness (QED) is 0.689. The number of hydrogen-bond donors (Lipinski definition) is 0. The Morgan fingerprint density at radius 3 is 2.44 bits per heavy atom. The van der Waals surface area contributed by atoms with Gasteiger partial charge in [-0.15, -0.1) is 0 Å². The lowest BCUT2D eigenvalue weighted by Crippen LogP contribution is -2.29. The molecule has 0 unspecified atom stereocenters. The van der Waals surface area contributed by atoms with E-state index >= 15 is 0 Å². The summed E-state index contributed by atoms with van der Waals surface area (Å²) in [6, 6.07) is 9.89. The Balaban J connectivity index is 2.66. The molecule has 0 aliphatic carbocycles. The molecule has 0 fully saturated rings. The summed E-state index contributed by atoms with van der Waals surface area (Å²) in [5, 5.41) is 0. The van der Waals surface area contributed by atoms with Gasteiger partial charge in [0.1, 0.15) is 5.78 Å². The zero-order valence-corrected chi connectivity index (χ0v) is 10.3. The maximum Gasteiger partial charge on any atom is 0.145 e. The zero-order chi connectivity index (χ0) is 12.0. The summed E-state index contributed by atoms with van der Waals surface area (Å²) in [6.07, 6.45) is 0.482. The summed E-state index contributed by atoms with van der Waals surface area (Å²) in [7, 11) is 0. The minimum absolute atomic E-state index is 0.229. The van der Waals surface area contributed by atoms with E-state index < -0.39 is 5.41 Å². The maximum absolute atomic E-state index is 12.1. The molecule has 0 radical (unpaired) electrons. The summed E-state index contributed by atoms with van der Waals surface area (Å²) in [5.41, 5.74) is 0.648. The molecule has 0 aromatic heterocycles. The summed E-state index contributed by atoms with van der Waals surface area (Å²) in [6.45, 7) is 7.06. The van der Waals surface area contributed by atoms with Gasteiger partial charge >= 0.3 is 0 Å². The Bertz CT molecular complexity index is 328. The van der Waals surface area contributed by atoms with Crippen LogP contribution >= 0.6 is 0 Å². The summed E-state index contributed by atoms with van der Waals surface area (Å²) < 4.78 is 5.21. The molecule has 0 heterocycles. The zero-order valence-electron chi connectivity index (χ0n) is 10.3. The number of benzene rings is 1. The molecule has 16 heavy (non-hydrogen) atoms. The second-order valence-corrected chi connectivity index (χ2v) is 4.36. The summed E-state index contributed by atoms with van der Waals surface area (Å²) in [4.78, 5) is 12.1. The van der Waals surface area contributed by atoms with Gasteiger partial charge in [-0.1, -0.05) is 30.3 Å². The first kappa shape index (κ1) is 12.9. The van der Waals surface area contributed by atoms with Gasteiger partial charge in [0.25, 0.3) is 0 Å². The van der Waals surface area contributed by atoms with E-state index in [1.54, 1.807) is 0 Å². The molecule has 0 amide bonds. The molecule has 0 aliphatic rings. The van der Waals surface area contributed by atoms with Crippen molar-refractivity contribution in [2.24, 2.45) is 0 Å².